The molecule has 0 spiro atoms. The number of amides is 1. The Balaban J connectivity index is 1.57. The van der Waals surface area contributed by atoms with Gasteiger partial charge in [0.05, 0.1) is 6.04 Å². The maximum atomic E-state index is 11.9. The summed E-state index contributed by atoms with van der Waals surface area (Å²) in [5, 5.41) is 3.52. The van der Waals surface area contributed by atoms with Crippen molar-refractivity contribution in [2.24, 2.45) is 0 Å². The van der Waals surface area contributed by atoms with E-state index in [-0.39, 0.29) is 12.1 Å². The molecule has 1 N–H and O–H groups in total. The van der Waals surface area contributed by atoms with Crippen molar-refractivity contribution in [3.8, 4) is 0 Å². The lowest BCUT2D eigenvalue weighted by Gasteiger charge is -2.19. The van der Waals surface area contributed by atoms with E-state index in [0.717, 1.165) is 24.5 Å². The molecule has 1 saturated carbocycles. The van der Waals surface area contributed by atoms with Crippen LogP contribution in [0.2, 0.25) is 0 Å². The number of likely N-dealkylation sites (tertiary alicyclic amines) is 1. The van der Waals surface area contributed by atoms with Crippen LogP contribution in [0.5, 0.6) is 0 Å². The van der Waals surface area contributed by atoms with Gasteiger partial charge < -0.3 is 14.6 Å². The lowest BCUT2D eigenvalue weighted by molar-refractivity contribution is -0.128. The number of hydrogen-bond donors (Lipinski definition) is 1. The molecule has 2 heterocycles. The van der Waals surface area contributed by atoms with E-state index in [1.807, 2.05) is 17.0 Å². The summed E-state index contributed by atoms with van der Waals surface area (Å²) in [6.07, 6.45) is 3.92. The van der Waals surface area contributed by atoms with E-state index in [0.29, 0.717) is 18.4 Å². The first-order valence-corrected chi connectivity index (χ1v) is 7.31. The Labute approximate surface area is 114 Å². The molecule has 0 radical (unpaired) electrons. The Bertz CT molecular complexity index is 464. The van der Waals surface area contributed by atoms with E-state index < -0.39 is 0 Å². The number of nitrogens with zero attached hydrogens (tertiary/aromatic N) is 1. The summed E-state index contributed by atoms with van der Waals surface area (Å²) in [7, 11) is 0. The fraction of sp³-hybridized carbons (Fsp3) is 0.667. The molecule has 104 valence electrons. The van der Waals surface area contributed by atoms with Gasteiger partial charge in [-0.25, -0.2) is 0 Å². The summed E-state index contributed by atoms with van der Waals surface area (Å²) >= 11 is 0. The molecular weight excluding hydrogens is 240 g/mol. The predicted octanol–water partition coefficient (Wildman–Crippen LogP) is 2.26. The summed E-state index contributed by atoms with van der Waals surface area (Å²) in [6, 6.07) is 5.02. The van der Waals surface area contributed by atoms with Gasteiger partial charge in [0.15, 0.2) is 0 Å². The number of furan rings is 1. The van der Waals surface area contributed by atoms with E-state index in [1.54, 1.807) is 0 Å². The van der Waals surface area contributed by atoms with Gasteiger partial charge in [-0.2, -0.15) is 0 Å². The van der Waals surface area contributed by atoms with Crippen molar-refractivity contribution in [1.82, 2.24) is 10.2 Å². The van der Waals surface area contributed by atoms with Gasteiger partial charge in [0, 0.05) is 31.5 Å². The maximum absolute atomic E-state index is 11.9. The highest BCUT2D eigenvalue weighted by atomic mass is 16.3. The van der Waals surface area contributed by atoms with Gasteiger partial charge in [-0.1, -0.05) is 6.92 Å². The fourth-order valence-electron chi connectivity index (χ4n) is 2.84. The lowest BCUT2D eigenvalue weighted by Crippen LogP contribution is -2.35. The van der Waals surface area contributed by atoms with Crippen LogP contribution in [0.3, 0.4) is 0 Å². The van der Waals surface area contributed by atoms with Crippen LogP contribution >= 0.6 is 0 Å². The average Bonchev–Trinajstić information content (AvgIpc) is 2.99. The first-order valence-electron chi connectivity index (χ1n) is 7.31. The Hall–Kier alpha value is -1.29. The number of aryl methyl sites for hydroxylation is 1. The van der Waals surface area contributed by atoms with Crippen molar-refractivity contribution < 1.29 is 9.21 Å². The van der Waals surface area contributed by atoms with Crippen molar-refractivity contribution in [3.63, 3.8) is 0 Å². The van der Waals surface area contributed by atoms with Crippen molar-refractivity contribution in [1.29, 1.82) is 0 Å². The van der Waals surface area contributed by atoms with Gasteiger partial charge in [-0.15, -0.1) is 0 Å². The smallest absolute Gasteiger partial charge is 0.224 e. The fourth-order valence-corrected chi connectivity index (χ4v) is 2.84. The van der Waals surface area contributed by atoms with Gasteiger partial charge >= 0.3 is 0 Å². The molecule has 1 aliphatic heterocycles. The monoisotopic (exact) mass is 262 g/mol. The van der Waals surface area contributed by atoms with E-state index in [9.17, 15) is 4.79 Å². The molecule has 0 unspecified atom stereocenters. The molecule has 0 aromatic carbocycles. The molecule has 19 heavy (non-hydrogen) atoms. The Morgan fingerprint density at radius 3 is 2.89 bits per heavy atom. The zero-order chi connectivity index (χ0) is 13.4. The minimum Gasteiger partial charge on any atom is -0.464 e. The second-order valence-corrected chi connectivity index (χ2v) is 5.72. The molecule has 4 heteroatoms. The van der Waals surface area contributed by atoms with Crippen LogP contribution in [0, 0.1) is 0 Å². The van der Waals surface area contributed by atoms with Crippen molar-refractivity contribution in [2.45, 2.75) is 57.7 Å². The topological polar surface area (TPSA) is 45.5 Å². The van der Waals surface area contributed by atoms with Crippen LogP contribution in [0.1, 0.15) is 50.7 Å². The average molecular weight is 262 g/mol. The van der Waals surface area contributed by atoms with E-state index in [4.69, 9.17) is 4.42 Å². The molecule has 1 saturated heterocycles. The van der Waals surface area contributed by atoms with Crippen LogP contribution < -0.4 is 5.32 Å². The molecule has 1 aromatic heterocycles. The highest BCUT2D eigenvalue weighted by Gasteiger charge is 2.39. The Morgan fingerprint density at radius 2 is 2.26 bits per heavy atom. The normalized spacial score (nSPS) is 25.1. The highest BCUT2D eigenvalue weighted by Crippen LogP contribution is 2.31. The second-order valence-electron chi connectivity index (χ2n) is 5.72. The zero-order valence-electron chi connectivity index (χ0n) is 11.7. The third-order valence-corrected chi connectivity index (χ3v) is 4.09. The van der Waals surface area contributed by atoms with E-state index >= 15 is 0 Å². The molecule has 2 atom stereocenters. The largest absolute Gasteiger partial charge is 0.464 e. The lowest BCUT2D eigenvalue weighted by atomic mass is 10.2. The maximum Gasteiger partial charge on any atom is 0.224 e. The minimum atomic E-state index is 0.164. The van der Waals surface area contributed by atoms with Gasteiger partial charge in [0.1, 0.15) is 11.5 Å². The van der Waals surface area contributed by atoms with Crippen LogP contribution in [-0.4, -0.2) is 29.4 Å². The molecule has 1 aliphatic carbocycles. The first kappa shape index (κ1) is 12.7. The predicted molar refractivity (Wildman–Crippen MR) is 72.8 cm³/mol. The summed E-state index contributed by atoms with van der Waals surface area (Å²) < 4.78 is 5.76. The molecule has 2 aliphatic rings. The molecule has 2 fully saturated rings. The SMILES string of the molecule is CCc1ccc([C@@H](C)N[C@@H]2CC(=O)N(C3CC3)C2)o1. The highest BCUT2D eigenvalue weighted by molar-refractivity contribution is 5.80. The standard InChI is InChI=1S/C15H22N2O2/c1-3-13-6-7-14(19-13)10(2)16-11-8-15(18)17(9-11)12-4-5-12/h6-7,10-12,16H,3-5,8-9H2,1-2H3/t10-,11-/m1/s1. The number of carbonyl (C=O) groups is 1. The molecular formula is C15H22N2O2. The summed E-state index contributed by atoms with van der Waals surface area (Å²) in [4.78, 5) is 13.9. The summed E-state index contributed by atoms with van der Waals surface area (Å²) in [6.45, 7) is 5.04. The second kappa shape index (κ2) is 5.00. The van der Waals surface area contributed by atoms with Crippen molar-refractivity contribution >= 4 is 5.91 Å². The van der Waals surface area contributed by atoms with Gasteiger partial charge in [-0.3, -0.25) is 4.79 Å². The van der Waals surface area contributed by atoms with Crippen LogP contribution in [0.15, 0.2) is 16.5 Å². The van der Waals surface area contributed by atoms with Crippen LogP contribution in [-0.2, 0) is 11.2 Å². The van der Waals surface area contributed by atoms with Gasteiger partial charge in [0.2, 0.25) is 5.91 Å². The van der Waals surface area contributed by atoms with Crippen LogP contribution in [0.25, 0.3) is 0 Å². The van der Waals surface area contributed by atoms with E-state index in [1.165, 1.54) is 12.8 Å². The number of hydrogen-bond acceptors (Lipinski definition) is 3. The molecule has 0 bridgehead atoms. The summed E-state index contributed by atoms with van der Waals surface area (Å²) in [5.41, 5.74) is 0. The molecule has 4 nitrogen and oxygen atoms in total. The molecule has 1 amide bonds. The minimum absolute atomic E-state index is 0.164. The summed E-state index contributed by atoms with van der Waals surface area (Å²) in [5.74, 6) is 2.29. The Kier molecular flexibility index (Phi) is 3.35. The number of nitrogens with one attached hydrogen (secondary N) is 1. The van der Waals surface area contributed by atoms with Gasteiger partial charge in [0.25, 0.3) is 0 Å². The first-order chi connectivity index (χ1) is 9.17. The number of rotatable bonds is 5. The third kappa shape index (κ3) is 2.68. The quantitative estimate of drug-likeness (QED) is 0.885. The Morgan fingerprint density at radius 1 is 1.47 bits per heavy atom. The molecule has 1 aromatic rings. The zero-order valence-corrected chi connectivity index (χ0v) is 11.7. The third-order valence-electron chi connectivity index (χ3n) is 4.09. The van der Waals surface area contributed by atoms with E-state index in [2.05, 4.69) is 19.2 Å². The molecule has 3 rings (SSSR count). The van der Waals surface area contributed by atoms with Crippen LogP contribution in [0.4, 0.5) is 0 Å². The van der Waals surface area contributed by atoms with Crippen molar-refractivity contribution in [3.05, 3.63) is 23.7 Å². The van der Waals surface area contributed by atoms with Crippen molar-refractivity contribution in [2.75, 3.05) is 6.54 Å². The number of carbonyl (C=O) groups excluding carboxylic acids is 1. The van der Waals surface area contributed by atoms with Gasteiger partial charge in [-0.05, 0) is 31.9 Å².